The Kier molecular flexibility index (Phi) is 5.80. The second-order valence-corrected chi connectivity index (χ2v) is 5.68. The zero-order valence-corrected chi connectivity index (χ0v) is 12.7. The summed E-state index contributed by atoms with van der Waals surface area (Å²) < 4.78 is 12.8. The maximum Gasteiger partial charge on any atom is 0.235 e. The Hall–Kier alpha value is -1.82. The molecule has 0 atom stereocenters. The standard InChI is InChI=1S/C15H18FN3OS/c1-2-3-13-8-14(19-18-13)17-15(20)10-21-9-11-4-6-12(16)7-5-11/h4-8H,2-3,9-10H2,1H3,(H2,17,18,19,20). The first-order chi connectivity index (χ1) is 10.2. The number of thioether (sulfide) groups is 1. The molecule has 0 radical (unpaired) electrons. The lowest BCUT2D eigenvalue weighted by atomic mass is 10.2. The molecule has 0 spiro atoms. The molecule has 1 aromatic carbocycles. The van der Waals surface area contributed by atoms with Crippen LogP contribution >= 0.6 is 11.8 Å². The van der Waals surface area contributed by atoms with Crippen LogP contribution in [0.3, 0.4) is 0 Å². The van der Waals surface area contributed by atoms with Crippen LogP contribution in [0, 0.1) is 5.82 Å². The summed E-state index contributed by atoms with van der Waals surface area (Å²) in [5.74, 6) is 1.24. The molecule has 0 saturated carbocycles. The van der Waals surface area contributed by atoms with Crippen molar-refractivity contribution in [3.05, 3.63) is 47.4 Å². The molecule has 0 saturated heterocycles. The lowest BCUT2D eigenvalue weighted by molar-refractivity contribution is -0.113. The Labute approximate surface area is 127 Å². The lowest BCUT2D eigenvalue weighted by Crippen LogP contribution is -2.14. The number of halogens is 1. The quantitative estimate of drug-likeness (QED) is 0.824. The summed E-state index contributed by atoms with van der Waals surface area (Å²) >= 11 is 1.48. The van der Waals surface area contributed by atoms with E-state index in [1.165, 1.54) is 23.9 Å². The van der Waals surface area contributed by atoms with Gasteiger partial charge in [0.2, 0.25) is 5.91 Å². The van der Waals surface area contributed by atoms with Gasteiger partial charge in [-0.3, -0.25) is 9.89 Å². The zero-order chi connectivity index (χ0) is 15.1. The van der Waals surface area contributed by atoms with Gasteiger partial charge in [0.15, 0.2) is 5.82 Å². The number of nitrogens with zero attached hydrogens (tertiary/aromatic N) is 1. The Morgan fingerprint density at radius 3 is 2.86 bits per heavy atom. The third kappa shape index (κ3) is 5.23. The van der Waals surface area contributed by atoms with Gasteiger partial charge in [-0.05, 0) is 24.1 Å². The molecule has 0 bridgehead atoms. The SMILES string of the molecule is CCCc1cc(NC(=O)CSCc2ccc(F)cc2)n[nH]1. The van der Waals surface area contributed by atoms with E-state index in [2.05, 4.69) is 22.4 Å². The first-order valence-electron chi connectivity index (χ1n) is 6.83. The van der Waals surface area contributed by atoms with E-state index in [9.17, 15) is 9.18 Å². The predicted molar refractivity (Wildman–Crippen MR) is 83.8 cm³/mol. The van der Waals surface area contributed by atoms with E-state index in [0.717, 1.165) is 24.1 Å². The second kappa shape index (κ2) is 7.83. The van der Waals surface area contributed by atoms with Gasteiger partial charge in [0.25, 0.3) is 0 Å². The second-order valence-electron chi connectivity index (χ2n) is 4.70. The maximum atomic E-state index is 12.8. The lowest BCUT2D eigenvalue weighted by Gasteiger charge is -2.02. The molecule has 1 amide bonds. The van der Waals surface area contributed by atoms with Gasteiger partial charge >= 0.3 is 0 Å². The van der Waals surface area contributed by atoms with Crippen LogP contribution in [-0.4, -0.2) is 21.9 Å². The van der Waals surface area contributed by atoms with Crippen LogP contribution in [0.1, 0.15) is 24.6 Å². The Morgan fingerprint density at radius 1 is 1.38 bits per heavy atom. The summed E-state index contributed by atoms with van der Waals surface area (Å²) in [7, 11) is 0. The third-order valence-electron chi connectivity index (χ3n) is 2.83. The van der Waals surface area contributed by atoms with Gasteiger partial charge in [0.05, 0.1) is 5.75 Å². The number of nitrogens with one attached hydrogen (secondary N) is 2. The Morgan fingerprint density at radius 2 is 2.14 bits per heavy atom. The molecule has 2 aromatic rings. The maximum absolute atomic E-state index is 12.8. The number of aryl methyl sites for hydroxylation is 1. The van der Waals surface area contributed by atoms with Gasteiger partial charge in [-0.15, -0.1) is 11.8 Å². The molecule has 0 aliphatic heterocycles. The molecule has 2 N–H and O–H groups in total. The highest BCUT2D eigenvalue weighted by Gasteiger charge is 2.06. The smallest absolute Gasteiger partial charge is 0.235 e. The molecule has 1 heterocycles. The number of rotatable bonds is 7. The number of anilines is 1. The first kappa shape index (κ1) is 15.6. The van der Waals surface area contributed by atoms with Crippen LogP contribution in [0.2, 0.25) is 0 Å². The average molecular weight is 307 g/mol. The number of aromatic nitrogens is 2. The van der Waals surface area contributed by atoms with Gasteiger partial charge in [0, 0.05) is 17.5 Å². The van der Waals surface area contributed by atoms with Crippen molar-refractivity contribution in [1.29, 1.82) is 0 Å². The molecule has 0 unspecified atom stereocenters. The summed E-state index contributed by atoms with van der Waals surface area (Å²) in [5, 5.41) is 9.69. The van der Waals surface area contributed by atoms with Crippen LogP contribution in [0.4, 0.5) is 10.2 Å². The molecule has 2 rings (SSSR count). The van der Waals surface area contributed by atoms with E-state index in [1.54, 1.807) is 12.1 Å². The minimum absolute atomic E-state index is 0.0864. The molecule has 0 aliphatic carbocycles. The average Bonchev–Trinajstić information content (AvgIpc) is 2.89. The summed E-state index contributed by atoms with van der Waals surface area (Å²) in [4.78, 5) is 11.8. The number of carbonyl (C=O) groups excluding carboxylic acids is 1. The van der Waals surface area contributed by atoms with Crippen molar-refractivity contribution < 1.29 is 9.18 Å². The fourth-order valence-electron chi connectivity index (χ4n) is 1.84. The van der Waals surface area contributed by atoms with Gasteiger partial charge < -0.3 is 5.32 Å². The number of hydrogen-bond acceptors (Lipinski definition) is 3. The topological polar surface area (TPSA) is 57.8 Å². The Balaban J connectivity index is 1.72. The normalized spacial score (nSPS) is 10.6. The fraction of sp³-hybridized carbons (Fsp3) is 0.333. The molecule has 4 nitrogen and oxygen atoms in total. The summed E-state index contributed by atoms with van der Waals surface area (Å²) in [6.07, 6.45) is 1.95. The molecular formula is C15H18FN3OS. The predicted octanol–water partition coefficient (Wildman–Crippen LogP) is 3.37. The van der Waals surface area contributed by atoms with Crippen LogP contribution in [-0.2, 0) is 17.0 Å². The highest BCUT2D eigenvalue weighted by Crippen LogP contribution is 2.14. The van der Waals surface area contributed by atoms with Crippen molar-refractivity contribution in [2.24, 2.45) is 0 Å². The van der Waals surface area contributed by atoms with Crippen molar-refractivity contribution in [1.82, 2.24) is 10.2 Å². The van der Waals surface area contributed by atoms with E-state index in [1.807, 2.05) is 6.07 Å². The van der Waals surface area contributed by atoms with Gasteiger partial charge in [-0.2, -0.15) is 5.10 Å². The van der Waals surface area contributed by atoms with E-state index in [4.69, 9.17) is 0 Å². The van der Waals surface area contributed by atoms with Crippen molar-refractivity contribution in [2.45, 2.75) is 25.5 Å². The highest BCUT2D eigenvalue weighted by atomic mass is 32.2. The summed E-state index contributed by atoms with van der Waals surface area (Å²) in [6.45, 7) is 2.09. The van der Waals surface area contributed by atoms with Gasteiger partial charge in [0.1, 0.15) is 5.82 Å². The molecule has 0 aliphatic rings. The summed E-state index contributed by atoms with van der Waals surface area (Å²) in [5.41, 5.74) is 2.02. The van der Waals surface area contributed by atoms with E-state index in [0.29, 0.717) is 17.3 Å². The first-order valence-corrected chi connectivity index (χ1v) is 7.99. The van der Waals surface area contributed by atoms with Gasteiger partial charge in [-0.25, -0.2) is 4.39 Å². The molecule has 21 heavy (non-hydrogen) atoms. The van der Waals surface area contributed by atoms with E-state index in [-0.39, 0.29) is 11.7 Å². The monoisotopic (exact) mass is 307 g/mol. The van der Waals surface area contributed by atoms with Crippen LogP contribution in [0.5, 0.6) is 0 Å². The molecule has 6 heteroatoms. The number of H-pyrrole nitrogens is 1. The minimum Gasteiger partial charge on any atom is -0.308 e. The highest BCUT2D eigenvalue weighted by molar-refractivity contribution is 7.99. The molecule has 0 fully saturated rings. The van der Waals surface area contributed by atoms with Crippen LogP contribution in [0.25, 0.3) is 0 Å². The van der Waals surface area contributed by atoms with Gasteiger partial charge in [-0.1, -0.05) is 25.5 Å². The van der Waals surface area contributed by atoms with E-state index < -0.39 is 0 Å². The molecular weight excluding hydrogens is 289 g/mol. The minimum atomic E-state index is -0.247. The Bertz CT molecular complexity index is 583. The zero-order valence-electron chi connectivity index (χ0n) is 11.9. The number of carbonyl (C=O) groups is 1. The number of hydrogen-bond donors (Lipinski definition) is 2. The largest absolute Gasteiger partial charge is 0.308 e. The van der Waals surface area contributed by atoms with Crippen molar-refractivity contribution in [3.8, 4) is 0 Å². The number of aromatic amines is 1. The van der Waals surface area contributed by atoms with Crippen molar-refractivity contribution in [3.63, 3.8) is 0 Å². The molecule has 112 valence electrons. The van der Waals surface area contributed by atoms with Crippen LogP contribution < -0.4 is 5.32 Å². The van der Waals surface area contributed by atoms with Crippen molar-refractivity contribution in [2.75, 3.05) is 11.1 Å². The van der Waals surface area contributed by atoms with Crippen molar-refractivity contribution >= 4 is 23.5 Å². The van der Waals surface area contributed by atoms with Crippen LogP contribution in [0.15, 0.2) is 30.3 Å². The third-order valence-corrected chi connectivity index (χ3v) is 3.84. The molecule has 1 aromatic heterocycles. The number of amides is 1. The fourth-order valence-corrected chi connectivity index (χ4v) is 2.63. The summed E-state index contributed by atoms with van der Waals surface area (Å²) in [6, 6.07) is 8.16. The van der Waals surface area contributed by atoms with E-state index >= 15 is 0 Å². The number of benzene rings is 1.